The van der Waals surface area contributed by atoms with E-state index in [4.69, 9.17) is 9.26 Å². The Hall–Kier alpha value is -2.74. The molecule has 7 nitrogen and oxygen atoms in total. The molecule has 0 fully saturated rings. The van der Waals surface area contributed by atoms with E-state index in [9.17, 15) is 23.7 Å². The molecule has 0 saturated heterocycles. The fraction of sp³-hybridized carbons (Fsp3) is 0.273. The molecular weight excluding hydrogens is 456 g/mol. The minimum absolute atomic E-state index is 0.0523. The van der Waals surface area contributed by atoms with E-state index in [1.54, 1.807) is 36.4 Å². The Morgan fingerprint density at radius 2 is 1.91 bits per heavy atom. The van der Waals surface area contributed by atoms with Crippen molar-refractivity contribution >= 4 is 40.9 Å². The minimum Gasteiger partial charge on any atom is -0.477 e. The number of hydrogen-bond donors (Lipinski definition) is 2. The van der Waals surface area contributed by atoms with E-state index in [0.29, 0.717) is 11.1 Å². The van der Waals surface area contributed by atoms with E-state index in [-0.39, 0.29) is 28.2 Å². The van der Waals surface area contributed by atoms with E-state index in [0.717, 1.165) is 11.3 Å². The number of nitrogens with one attached hydrogen (secondary N) is 1. The molecule has 0 amide bonds. The van der Waals surface area contributed by atoms with Gasteiger partial charge in [-0.25, -0.2) is 14.3 Å². The molecule has 1 aromatic heterocycles. The maximum Gasteiger partial charge on any atom is 0.346 e. The summed E-state index contributed by atoms with van der Waals surface area (Å²) >= 11 is 0.894. The zero-order chi connectivity index (χ0) is 23.3. The van der Waals surface area contributed by atoms with Gasteiger partial charge >= 0.3 is 19.5 Å². The summed E-state index contributed by atoms with van der Waals surface area (Å²) in [6.07, 6.45) is 0.189. The number of hydrogen-bond acceptors (Lipinski definition) is 6. The third-order valence-corrected chi connectivity index (χ3v) is 7.72. The molecule has 2 atom stereocenters. The molecule has 2 aromatic carbocycles. The van der Waals surface area contributed by atoms with Gasteiger partial charge in [0.25, 0.3) is 0 Å². The van der Waals surface area contributed by atoms with Crippen LogP contribution in [-0.2, 0) is 20.3 Å². The van der Waals surface area contributed by atoms with Crippen molar-refractivity contribution in [3.63, 3.8) is 0 Å². The summed E-state index contributed by atoms with van der Waals surface area (Å²) < 4.78 is 39.8. The van der Waals surface area contributed by atoms with Crippen LogP contribution in [-0.4, -0.2) is 29.7 Å². The smallest absolute Gasteiger partial charge is 0.346 e. The Balaban J connectivity index is 2.03. The molecule has 1 unspecified atom stereocenters. The van der Waals surface area contributed by atoms with Crippen molar-refractivity contribution in [1.82, 2.24) is 5.09 Å². The summed E-state index contributed by atoms with van der Waals surface area (Å²) in [5, 5.41) is 12.4. The van der Waals surface area contributed by atoms with Crippen LogP contribution in [0.15, 0.2) is 48.5 Å². The first-order valence-corrected chi connectivity index (χ1v) is 12.6. The highest BCUT2D eigenvalue weighted by molar-refractivity contribution is 7.56. The van der Waals surface area contributed by atoms with Crippen LogP contribution < -0.4 is 9.61 Å². The van der Waals surface area contributed by atoms with Crippen molar-refractivity contribution in [2.24, 2.45) is 0 Å². The van der Waals surface area contributed by atoms with Gasteiger partial charge in [-0.3, -0.25) is 9.36 Å². The first-order chi connectivity index (χ1) is 15.2. The molecule has 10 heteroatoms. The summed E-state index contributed by atoms with van der Waals surface area (Å²) in [7, 11) is -3.94. The predicted molar refractivity (Wildman–Crippen MR) is 121 cm³/mol. The molecule has 2 N–H and O–H groups in total. The lowest BCUT2D eigenvalue weighted by molar-refractivity contribution is -0.145. The second-order valence-electron chi connectivity index (χ2n) is 7.08. The van der Waals surface area contributed by atoms with Gasteiger partial charge in [0, 0.05) is 15.6 Å². The van der Waals surface area contributed by atoms with Crippen LogP contribution in [0.5, 0.6) is 5.75 Å². The van der Waals surface area contributed by atoms with Gasteiger partial charge in [-0.1, -0.05) is 31.2 Å². The quantitative estimate of drug-likeness (QED) is 0.295. The number of carboxylic acids is 1. The zero-order valence-electron chi connectivity index (χ0n) is 17.5. The van der Waals surface area contributed by atoms with Gasteiger partial charge in [0.05, 0.1) is 12.8 Å². The predicted octanol–water partition coefficient (Wildman–Crippen LogP) is 5.44. The molecule has 3 aromatic rings. The number of aromatic carboxylic acids is 1. The topological polar surface area (TPSA) is 102 Å². The number of carboxylic acid groups (broad SMARTS) is 1. The van der Waals surface area contributed by atoms with Gasteiger partial charge in [0.15, 0.2) is 0 Å². The third kappa shape index (κ3) is 5.54. The molecule has 0 aliphatic heterocycles. The van der Waals surface area contributed by atoms with Gasteiger partial charge in [0.1, 0.15) is 22.5 Å². The highest BCUT2D eigenvalue weighted by atomic mass is 32.1. The van der Waals surface area contributed by atoms with E-state index in [1.807, 2.05) is 6.92 Å². The van der Waals surface area contributed by atoms with Crippen molar-refractivity contribution in [1.29, 1.82) is 0 Å². The second kappa shape index (κ2) is 10.3. The molecule has 0 bridgehead atoms. The number of carbonyl (C=O) groups is 2. The lowest BCUT2D eigenvalue weighted by Crippen LogP contribution is -2.35. The van der Waals surface area contributed by atoms with Crippen molar-refractivity contribution < 1.29 is 32.9 Å². The van der Waals surface area contributed by atoms with Crippen LogP contribution in [0.1, 0.15) is 35.5 Å². The minimum atomic E-state index is -3.94. The molecule has 32 heavy (non-hydrogen) atoms. The Morgan fingerprint density at radius 3 is 2.56 bits per heavy atom. The Kier molecular flexibility index (Phi) is 7.66. The number of halogens is 1. The SMILES string of the molecule is CCCOC(=O)[C@H](C)NP(=O)(Cc1c(C(=O)O)sc2cccc(F)c12)Oc1ccccc1. The maximum absolute atomic E-state index is 14.6. The maximum atomic E-state index is 14.6. The van der Waals surface area contributed by atoms with Gasteiger partial charge < -0.3 is 14.4 Å². The van der Waals surface area contributed by atoms with Crippen molar-refractivity contribution in [2.75, 3.05) is 6.61 Å². The first kappa shape index (κ1) is 23.9. The van der Waals surface area contributed by atoms with Crippen molar-refractivity contribution in [3.05, 3.63) is 64.8 Å². The number of thiophene rings is 1. The molecule has 0 spiro atoms. The Labute approximate surface area is 188 Å². The summed E-state index contributed by atoms with van der Waals surface area (Å²) in [6.45, 7) is 3.53. The van der Waals surface area contributed by atoms with Gasteiger partial charge in [0.2, 0.25) is 0 Å². The van der Waals surface area contributed by atoms with Crippen LogP contribution in [0.2, 0.25) is 0 Å². The number of fused-ring (bicyclic) bond motifs is 1. The third-order valence-electron chi connectivity index (χ3n) is 4.51. The molecule has 0 radical (unpaired) electrons. The Bertz CT molecular complexity index is 1170. The molecule has 1 heterocycles. The normalized spacial score (nSPS) is 14.0. The zero-order valence-corrected chi connectivity index (χ0v) is 19.3. The van der Waals surface area contributed by atoms with Crippen LogP contribution >= 0.6 is 18.9 Å². The summed E-state index contributed by atoms with van der Waals surface area (Å²) in [6, 6.07) is 11.6. The molecular formula is C22H23FNO6PS. The summed E-state index contributed by atoms with van der Waals surface area (Å²) in [5.74, 6) is -2.25. The van der Waals surface area contributed by atoms with Gasteiger partial charge in [-0.05, 0) is 37.6 Å². The van der Waals surface area contributed by atoms with Crippen molar-refractivity contribution in [3.8, 4) is 5.75 Å². The van der Waals surface area contributed by atoms with E-state index in [2.05, 4.69) is 5.09 Å². The van der Waals surface area contributed by atoms with E-state index in [1.165, 1.54) is 19.1 Å². The largest absolute Gasteiger partial charge is 0.477 e. The van der Waals surface area contributed by atoms with Crippen molar-refractivity contribution in [2.45, 2.75) is 32.5 Å². The monoisotopic (exact) mass is 479 g/mol. The average Bonchev–Trinajstić information content (AvgIpc) is 3.12. The highest BCUT2D eigenvalue weighted by Gasteiger charge is 2.34. The molecule has 3 rings (SSSR count). The second-order valence-corrected chi connectivity index (χ2v) is 10.2. The Morgan fingerprint density at radius 1 is 1.19 bits per heavy atom. The molecule has 0 saturated carbocycles. The number of para-hydroxylation sites is 1. The average molecular weight is 479 g/mol. The van der Waals surface area contributed by atoms with Crippen LogP contribution in [0.25, 0.3) is 10.1 Å². The van der Waals surface area contributed by atoms with Crippen LogP contribution in [0, 0.1) is 5.82 Å². The standard InChI is InChI=1S/C22H23FNO6PS/c1-3-12-29-22(27)14(2)24-31(28,30-15-8-5-4-6-9-15)13-16-19-17(23)10-7-11-18(19)32-20(16)21(25)26/h4-11,14H,3,12-13H2,1-2H3,(H,24,28)(H,25,26)/t14-,31?/m0/s1. The fourth-order valence-electron chi connectivity index (χ4n) is 3.13. The number of carbonyl (C=O) groups excluding carboxylic acids is 1. The van der Waals surface area contributed by atoms with Crippen LogP contribution in [0.3, 0.4) is 0 Å². The fourth-order valence-corrected chi connectivity index (χ4v) is 6.41. The number of rotatable bonds is 10. The molecule has 0 aliphatic carbocycles. The number of benzene rings is 2. The van der Waals surface area contributed by atoms with Gasteiger partial charge in [-0.15, -0.1) is 11.3 Å². The summed E-state index contributed by atoms with van der Waals surface area (Å²) in [5.41, 5.74) is 0.0523. The first-order valence-electron chi connectivity index (χ1n) is 9.95. The highest BCUT2D eigenvalue weighted by Crippen LogP contribution is 2.50. The van der Waals surface area contributed by atoms with Crippen LogP contribution in [0.4, 0.5) is 4.39 Å². The molecule has 0 aliphatic rings. The summed E-state index contributed by atoms with van der Waals surface area (Å²) in [4.78, 5) is 24.0. The lowest BCUT2D eigenvalue weighted by Gasteiger charge is -2.24. The lowest BCUT2D eigenvalue weighted by atomic mass is 10.1. The van der Waals surface area contributed by atoms with Gasteiger partial charge in [-0.2, -0.15) is 0 Å². The van der Waals surface area contributed by atoms with E-state index < -0.39 is 37.5 Å². The number of esters is 1. The van der Waals surface area contributed by atoms with E-state index >= 15 is 0 Å². The number of ether oxygens (including phenoxy) is 1. The molecule has 170 valence electrons.